The SMILES string of the molecule is CC(O)[C@H](CN1[C@@H]2CC[C@H]1CC(Cc1ccc(Cl)cc1)C2)NC(=O)Nc1cccc(S(C)(=O)=O)c1. The van der Waals surface area contributed by atoms with Gasteiger partial charge in [-0.05, 0) is 80.8 Å². The highest BCUT2D eigenvalue weighted by molar-refractivity contribution is 7.90. The molecule has 2 saturated heterocycles. The molecule has 2 fully saturated rings. The van der Waals surface area contributed by atoms with Crippen LogP contribution in [0.5, 0.6) is 0 Å². The lowest BCUT2D eigenvalue weighted by Gasteiger charge is -2.41. The van der Waals surface area contributed by atoms with Gasteiger partial charge in [0.05, 0.1) is 17.0 Å². The zero-order valence-electron chi connectivity index (χ0n) is 20.2. The molecule has 0 spiro atoms. The number of nitrogens with zero attached hydrogens (tertiary/aromatic N) is 1. The van der Waals surface area contributed by atoms with Crippen molar-refractivity contribution in [1.29, 1.82) is 0 Å². The molecule has 2 aliphatic heterocycles. The molecule has 0 radical (unpaired) electrons. The first-order valence-electron chi connectivity index (χ1n) is 12.1. The molecule has 2 amide bonds. The van der Waals surface area contributed by atoms with Crippen LogP contribution in [0.15, 0.2) is 53.4 Å². The Balaban J connectivity index is 1.35. The second kappa shape index (κ2) is 10.9. The molecular formula is C26H34ClN3O4S. The van der Waals surface area contributed by atoms with E-state index >= 15 is 0 Å². The summed E-state index contributed by atoms with van der Waals surface area (Å²) < 4.78 is 23.6. The van der Waals surface area contributed by atoms with Crippen LogP contribution in [0, 0.1) is 5.92 Å². The molecule has 2 unspecified atom stereocenters. The van der Waals surface area contributed by atoms with Crippen LogP contribution in [0.1, 0.15) is 38.2 Å². The molecular weight excluding hydrogens is 486 g/mol. The first-order valence-corrected chi connectivity index (χ1v) is 14.4. The van der Waals surface area contributed by atoms with Crippen molar-refractivity contribution in [3.63, 3.8) is 0 Å². The van der Waals surface area contributed by atoms with Crippen molar-refractivity contribution in [2.75, 3.05) is 18.1 Å². The maximum atomic E-state index is 12.7. The fourth-order valence-electron chi connectivity index (χ4n) is 5.49. The van der Waals surface area contributed by atoms with E-state index in [-0.39, 0.29) is 4.90 Å². The van der Waals surface area contributed by atoms with Crippen LogP contribution in [0.4, 0.5) is 10.5 Å². The number of halogens is 1. The predicted molar refractivity (Wildman–Crippen MR) is 139 cm³/mol. The molecule has 4 rings (SSSR count). The number of sulfone groups is 1. The summed E-state index contributed by atoms with van der Waals surface area (Å²) in [5.41, 5.74) is 1.70. The van der Waals surface area contributed by atoms with Gasteiger partial charge >= 0.3 is 6.03 Å². The van der Waals surface area contributed by atoms with Gasteiger partial charge in [0.1, 0.15) is 0 Å². The van der Waals surface area contributed by atoms with Crippen LogP contribution in [0.3, 0.4) is 0 Å². The van der Waals surface area contributed by atoms with Crippen molar-refractivity contribution in [2.45, 2.75) is 68.2 Å². The predicted octanol–water partition coefficient (Wildman–Crippen LogP) is 4.10. The van der Waals surface area contributed by atoms with Crippen LogP contribution >= 0.6 is 11.6 Å². The maximum Gasteiger partial charge on any atom is 0.319 e. The average Bonchev–Trinajstić information content (AvgIpc) is 3.02. The quantitative estimate of drug-likeness (QED) is 0.487. The van der Waals surface area contributed by atoms with Crippen molar-refractivity contribution in [3.05, 3.63) is 59.1 Å². The van der Waals surface area contributed by atoms with Gasteiger partial charge in [0.2, 0.25) is 0 Å². The molecule has 0 aromatic heterocycles. The third kappa shape index (κ3) is 6.76. The number of aliphatic hydroxyl groups is 1. The van der Waals surface area contributed by atoms with Crippen molar-refractivity contribution in [3.8, 4) is 0 Å². The van der Waals surface area contributed by atoms with Crippen LogP contribution in [-0.4, -0.2) is 61.5 Å². The second-order valence-electron chi connectivity index (χ2n) is 10.00. The van der Waals surface area contributed by atoms with Gasteiger partial charge < -0.3 is 15.7 Å². The zero-order valence-corrected chi connectivity index (χ0v) is 21.7. The van der Waals surface area contributed by atoms with E-state index in [0.29, 0.717) is 30.2 Å². The molecule has 190 valence electrons. The van der Waals surface area contributed by atoms with Crippen molar-refractivity contribution in [1.82, 2.24) is 10.2 Å². The molecule has 35 heavy (non-hydrogen) atoms. The molecule has 5 atom stereocenters. The Bertz CT molecular complexity index is 1130. The second-order valence-corrected chi connectivity index (χ2v) is 12.4. The number of carbonyl (C=O) groups is 1. The lowest BCUT2D eigenvalue weighted by Crippen LogP contribution is -2.54. The number of aliphatic hydroxyl groups excluding tert-OH is 1. The molecule has 9 heteroatoms. The average molecular weight is 520 g/mol. The monoisotopic (exact) mass is 519 g/mol. The van der Waals surface area contributed by atoms with Crippen LogP contribution in [-0.2, 0) is 16.3 Å². The smallest absolute Gasteiger partial charge is 0.319 e. The summed E-state index contributed by atoms with van der Waals surface area (Å²) in [6.07, 6.45) is 5.94. The summed E-state index contributed by atoms with van der Waals surface area (Å²) >= 11 is 6.02. The maximum absolute atomic E-state index is 12.7. The van der Waals surface area contributed by atoms with Crippen molar-refractivity contribution >= 4 is 33.2 Å². The number of hydrogen-bond donors (Lipinski definition) is 3. The van der Waals surface area contributed by atoms with Gasteiger partial charge in [0, 0.05) is 35.6 Å². The topological polar surface area (TPSA) is 98.7 Å². The normalized spacial score (nSPS) is 24.1. The summed E-state index contributed by atoms with van der Waals surface area (Å²) in [6.45, 7) is 2.27. The number of piperidine rings is 1. The van der Waals surface area contributed by atoms with Crippen LogP contribution < -0.4 is 10.6 Å². The molecule has 0 saturated carbocycles. The van der Waals surface area contributed by atoms with Gasteiger partial charge in [-0.3, -0.25) is 4.90 Å². The number of anilines is 1. The molecule has 2 aromatic carbocycles. The van der Waals surface area contributed by atoms with E-state index in [9.17, 15) is 18.3 Å². The van der Waals surface area contributed by atoms with Crippen LogP contribution in [0.25, 0.3) is 0 Å². The van der Waals surface area contributed by atoms with Gasteiger partial charge in [-0.2, -0.15) is 0 Å². The van der Waals surface area contributed by atoms with Gasteiger partial charge in [0.15, 0.2) is 9.84 Å². The number of carbonyl (C=O) groups excluding carboxylic acids is 1. The molecule has 2 aliphatic rings. The fourth-order valence-corrected chi connectivity index (χ4v) is 6.28. The Morgan fingerprint density at radius 3 is 2.40 bits per heavy atom. The van der Waals surface area contributed by atoms with E-state index < -0.39 is 28.0 Å². The fraction of sp³-hybridized carbons (Fsp3) is 0.500. The van der Waals surface area contributed by atoms with Gasteiger partial charge in [0.25, 0.3) is 0 Å². The Kier molecular flexibility index (Phi) is 8.06. The summed E-state index contributed by atoms with van der Waals surface area (Å²) in [5, 5.41) is 16.8. The highest BCUT2D eigenvalue weighted by Crippen LogP contribution is 2.40. The Morgan fingerprint density at radius 1 is 1.14 bits per heavy atom. The highest BCUT2D eigenvalue weighted by atomic mass is 35.5. The summed E-state index contributed by atoms with van der Waals surface area (Å²) in [4.78, 5) is 15.3. The number of urea groups is 1. The molecule has 2 aromatic rings. The highest BCUT2D eigenvalue weighted by Gasteiger charge is 2.41. The number of rotatable bonds is 8. The minimum absolute atomic E-state index is 0.139. The Hall–Kier alpha value is -2.13. The largest absolute Gasteiger partial charge is 0.391 e. The van der Waals surface area contributed by atoms with E-state index in [1.807, 2.05) is 12.1 Å². The summed E-state index contributed by atoms with van der Waals surface area (Å²) in [5.74, 6) is 0.619. The molecule has 7 nitrogen and oxygen atoms in total. The van der Waals surface area contributed by atoms with E-state index in [2.05, 4.69) is 27.7 Å². The Labute approximate surface area is 212 Å². The number of benzene rings is 2. The third-order valence-electron chi connectivity index (χ3n) is 7.25. The van der Waals surface area contributed by atoms with E-state index in [1.165, 1.54) is 17.7 Å². The summed E-state index contributed by atoms with van der Waals surface area (Å²) in [6, 6.07) is 14.2. The standard InChI is InChI=1S/C26H34ClN3O4S/c1-17(31)25(29-26(32)28-21-4-3-5-24(15-21)35(2,33)34)16-30-22-10-11-23(30)14-19(13-22)12-18-6-8-20(27)9-7-18/h3-9,15,17,19,22-23,25,31H,10-14,16H2,1-2H3,(H2,28,29,32)/t17?,19?,22-,23+,25-/m0/s1. The third-order valence-corrected chi connectivity index (χ3v) is 8.61. The number of hydrogen-bond acceptors (Lipinski definition) is 5. The molecule has 0 aliphatic carbocycles. The van der Waals surface area contributed by atoms with E-state index in [0.717, 1.165) is 43.4 Å². The lowest BCUT2D eigenvalue weighted by atomic mass is 9.85. The van der Waals surface area contributed by atoms with Gasteiger partial charge in [-0.1, -0.05) is 29.8 Å². The van der Waals surface area contributed by atoms with E-state index in [4.69, 9.17) is 11.6 Å². The zero-order chi connectivity index (χ0) is 25.2. The van der Waals surface area contributed by atoms with Crippen LogP contribution in [0.2, 0.25) is 5.02 Å². The van der Waals surface area contributed by atoms with E-state index in [1.54, 1.807) is 19.1 Å². The number of amides is 2. The molecule has 3 N–H and O–H groups in total. The number of nitrogens with one attached hydrogen (secondary N) is 2. The molecule has 2 heterocycles. The first-order chi connectivity index (χ1) is 16.6. The van der Waals surface area contributed by atoms with Gasteiger partial charge in [-0.25, -0.2) is 13.2 Å². The molecule has 2 bridgehead atoms. The lowest BCUT2D eigenvalue weighted by molar-refractivity contribution is 0.0620. The summed E-state index contributed by atoms with van der Waals surface area (Å²) in [7, 11) is -3.37. The van der Waals surface area contributed by atoms with Gasteiger partial charge in [-0.15, -0.1) is 0 Å². The Morgan fingerprint density at radius 2 is 1.80 bits per heavy atom. The number of fused-ring (bicyclic) bond motifs is 2. The van der Waals surface area contributed by atoms with Crippen molar-refractivity contribution in [2.24, 2.45) is 5.92 Å². The minimum Gasteiger partial charge on any atom is -0.391 e. The minimum atomic E-state index is -3.37. The first kappa shape index (κ1) is 25.9. The van der Waals surface area contributed by atoms with Crippen molar-refractivity contribution < 1.29 is 18.3 Å².